The van der Waals surface area contributed by atoms with E-state index < -0.39 is 0 Å². The lowest BCUT2D eigenvalue weighted by Crippen LogP contribution is -2.39. The van der Waals surface area contributed by atoms with E-state index in [2.05, 4.69) is 58.1 Å². The summed E-state index contributed by atoms with van der Waals surface area (Å²) in [6, 6.07) is 7.88. The molecule has 0 aromatic heterocycles. The van der Waals surface area contributed by atoms with Crippen LogP contribution in [-0.2, 0) is 0 Å². The van der Waals surface area contributed by atoms with Gasteiger partial charge >= 0.3 is 0 Å². The van der Waals surface area contributed by atoms with Gasteiger partial charge in [-0.2, -0.15) is 0 Å². The van der Waals surface area contributed by atoms with Crippen molar-refractivity contribution >= 4 is 0 Å². The molecular weight excluding hydrogens is 218 g/mol. The molecule has 0 amide bonds. The van der Waals surface area contributed by atoms with Crippen molar-refractivity contribution in [3.8, 4) is 0 Å². The Kier molecular flexibility index (Phi) is 3.82. The highest BCUT2D eigenvalue weighted by Crippen LogP contribution is 2.38. The molecule has 1 fully saturated rings. The fourth-order valence-electron chi connectivity index (χ4n) is 3.25. The SMILES string of the molecule is Cc1ccc(C)c(C(C)NC2CCCC2(C)C)c1. The van der Waals surface area contributed by atoms with Crippen LogP contribution < -0.4 is 5.32 Å². The molecule has 0 saturated heterocycles. The van der Waals surface area contributed by atoms with Gasteiger partial charge in [0.15, 0.2) is 0 Å². The van der Waals surface area contributed by atoms with Gasteiger partial charge in [0.1, 0.15) is 0 Å². The van der Waals surface area contributed by atoms with Crippen LogP contribution in [0.5, 0.6) is 0 Å². The Hall–Kier alpha value is -0.820. The third kappa shape index (κ3) is 2.77. The number of hydrogen-bond acceptors (Lipinski definition) is 1. The van der Waals surface area contributed by atoms with Gasteiger partial charge in [0.2, 0.25) is 0 Å². The first-order chi connectivity index (χ1) is 8.40. The fraction of sp³-hybridized carbons (Fsp3) is 0.647. The molecule has 1 nitrogen and oxygen atoms in total. The zero-order chi connectivity index (χ0) is 13.3. The highest BCUT2D eigenvalue weighted by Gasteiger charge is 2.35. The molecule has 1 aromatic rings. The van der Waals surface area contributed by atoms with Gasteiger partial charge in [-0.1, -0.05) is 44.0 Å². The summed E-state index contributed by atoms with van der Waals surface area (Å²) in [5.41, 5.74) is 4.66. The quantitative estimate of drug-likeness (QED) is 0.825. The van der Waals surface area contributed by atoms with Crippen molar-refractivity contribution in [3.05, 3.63) is 34.9 Å². The first-order valence-electron chi connectivity index (χ1n) is 7.23. The fourth-order valence-corrected chi connectivity index (χ4v) is 3.25. The van der Waals surface area contributed by atoms with E-state index in [1.807, 2.05) is 0 Å². The summed E-state index contributed by atoms with van der Waals surface area (Å²) in [6.07, 6.45) is 4.04. The van der Waals surface area contributed by atoms with E-state index in [-0.39, 0.29) is 0 Å². The summed E-state index contributed by atoms with van der Waals surface area (Å²) < 4.78 is 0. The van der Waals surface area contributed by atoms with Crippen LogP contribution in [-0.4, -0.2) is 6.04 Å². The van der Waals surface area contributed by atoms with E-state index in [0.717, 1.165) is 0 Å². The minimum Gasteiger partial charge on any atom is -0.307 e. The summed E-state index contributed by atoms with van der Waals surface area (Å²) in [4.78, 5) is 0. The van der Waals surface area contributed by atoms with Gasteiger partial charge in [-0.3, -0.25) is 0 Å². The van der Waals surface area contributed by atoms with Gasteiger partial charge in [0.05, 0.1) is 0 Å². The molecular formula is C17H27N. The van der Waals surface area contributed by atoms with Gasteiger partial charge < -0.3 is 5.32 Å². The molecule has 100 valence electrons. The Morgan fingerprint density at radius 2 is 2.00 bits per heavy atom. The van der Waals surface area contributed by atoms with Crippen LogP contribution in [0.15, 0.2) is 18.2 Å². The van der Waals surface area contributed by atoms with Gasteiger partial charge in [-0.05, 0) is 50.2 Å². The predicted octanol–water partition coefficient (Wildman–Crippen LogP) is 4.53. The van der Waals surface area contributed by atoms with Crippen LogP contribution >= 0.6 is 0 Å². The topological polar surface area (TPSA) is 12.0 Å². The van der Waals surface area contributed by atoms with Crippen LogP contribution in [0.1, 0.15) is 62.8 Å². The van der Waals surface area contributed by atoms with Crippen LogP contribution in [0.3, 0.4) is 0 Å². The van der Waals surface area contributed by atoms with E-state index in [4.69, 9.17) is 0 Å². The maximum absolute atomic E-state index is 3.85. The molecule has 1 aromatic carbocycles. The zero-order valence-electron chi connectivity index (χ0n) is 12.5. The van der Waals surface area contributed by atoms with Crippen molar-refractivity contribution in [2.45, 2.75) is 66.0 Å². The number of nitrogens with one attached hydrogen (secondary N) is 1. The van der Waals surface area contributed by atoms with Crippen molar-refractivity contribution in [2.75, 3.05) is 0 Å². The molecule has 2 unspecified atom stereocenters. The highest BCUT2D eigenvalue weighted by atomic mass is 15.0. The largest absolute Gasteiger partial charge is 0.307 e. The van der Waals surface area contributed by atoms with Gasteiger partial charge in [0, 0.05) is 12.1 Å². The normalized spacial score (nSPS) is 24.2. The summed E-state index contributed by atoms with van der Waals surface area (Å²) in [7, 11) is 0. The molecule has 0 heterocycles. The lowest BCUT2D eigenvalue weighted by Gasteiger charge is -2.31. The van der Waals surface area contributed by atoms with E-state index >= 15 is 0 Å². The average molecular weight is 245 g/mol. The Morgan fingerprint density at radius 1 is 1.28 bits per heavy atom. The molecule has 2 atom stereocenters. The number of aryl methyl sites for hydroxylation is 2. The molecule has 0 aliphatic heterocycles. The van der Waals surface area contributed by atoms with E-state index in [0.29, 0.717) is 17.5 Å². The third-order valence-corrected chi connectivity index (χ3v) is 4.61. The second-order valence-electron chi connectivity index (χ2n) is 6.68. The van der Waals surface area contributed by atoms with E-state index in [1.165, 1.54) is 36.0 Å². The molecule has 0 radical (unpaired) electrons. The van der Waals surface area contributed by atoms with Crippen molar-refractivity contribution in [1.29, 1.82) is 0 Å². The number of hydrogen-bond donors (Lipinski definition) is 1. The zero-order valence-corrected chi connectivity index (χ0v) is 12.5. The molecule has 0 bridgehead atoms. The summed E-state index contributed by atoms with van der Waals surface area (Å²) in [5.74, 6) is 0. The summed E-state index contributed by atoms with van der Waals surface area (Å²) in [6.45, 7) is 11.5. The lowest BCUT2D eigenvalue weighted by molar-refractivity contribution is 0.266. The minimum absolute atomic E-state index is 0.450. The Labute approximate surface area is 112 Å². The summed E-state index contributed by atoms with van der Waals surface area (Å²) >= 11 is 0. The molecule has 1 saturated carbocycles. The van der Waals surface area contributed by atoms with E-state index in [9.17, 15) is 0 Å². The second kappa shape index (κ2) is 5.05. The maximum atomic E-state index is 3.85. The Bertz CT molecular complexity index is 420. The minimum atomic E-state index is 0.450. The van der Waals surface area contributed by atoms with Gasteiger partial charge in [-0.15, -0.1) is 0 Å². The van der Waals surface area contributed by atoms with Crippen molar-refractivity contribution < 1.29 is 0 Å². The molecule has 1 aliphatic carbocycles. The highest BCUT2D eigenvalue weighted by molar-refractivity contribution is 5.32. The Morgan fingerprint density at radius 3 is 2.61 bits per heavy atom. The Balaban J connectivity index is 2.12. The molecule has 0 spiro atoms. The molecule has 18 heavy (non-hydrogen) atoms. The van der Waals surface area contributed by atoms with Gasteiger partial charge in [-0.25, -0.2) is 0 Å². The van der Waals surface area contributed by atoms with Crippen LogP contribution in [0.4, 0.5) is 0 Å². The molecule has 1 heteroatoms. The van der Waals surface area contributed by atoms with Crippen LogP contribution in [0.25, 0.3) is 0 Å². The summed E-state index contributed by atoms with van der Waals surface area (Å²) in [5, 5.41) is 3.85. The average Bonchev–Trinajstić information content (AvgIpc) is 2.62. The maximum Gasteiger partial charge on any atom is 0.0297 e. The number of benzene rings is 1. The van der Waals surface area contributed by atoms with Crippen LogP contribution in [0.2, 0.25) is 0 Å². The van der Waals surface area contributed by atoms with Crippen molar-refractivity contribution in [1.82, 2.24) is 5.32 Å². The standard InChI is InChI=1S/C17H27N/c1-12-8-9-13(2)15(11-12)14(3)18-16-7-6-10-17(16,4)5/h8-9,11,14,16,18H,6-7,10H2,1-5H3. The molecule has 1 aliphatic rings. The smallest absolute Gasteiger partial charge is 0.0297 e. The van der Waals surface area contributed by atoms with Gasteiger partial charge in [0.25, 0.3) is 0 Å². The molecule has 2 rings (SSSR count). The first kappa shape index (κ1) is 13.6. The second-order valence-corrected chi connectivity index (χ2v) is 6.68. The molecule has 1 N–H and O–H groups in total. The van der Waals surface area contributed by atoms with Crippen molar-refractivity contribution in [3.63, 3.8) is 0 Å². The van der Waals surface area contributed by atoms with E-state index in [1.54, 1.807) is 0 Å². The monoisotopic (exact) mass is 245 g/mol. The number of rotatable bonds is 3. The lowest BCUT2D eigenvalue weighted by atomic mass is 9.86. The first-order valence-corrected chi connectivity index (χ1v) is 7.23. The van der Waals surface area contributed by atoms with Crippen molar-refractivity contribution in [2.24, 2.45) is 5.41 Å². The van der Waals surface area contributed by atoms with Crippen LogP contribution in [0, 0.1) is 19.3 Å². The third-order valence-electron chi connectivity index (χ3n) is 4.61. The predicted molar refractivity (Wildman–Crippen MR) is 78.9 cm³/mol.